The van der Waals surface area contributed by atoms with Crippen LogP contribution in [-0.4, -0.2) is 83.0 Å². The molecule has 2 atom stereocenters. The normalized spacial score (nSPS) is 19.5. The Morgan fingerprint density at radius 3 is 2.66 bits per heavy atom. The van der Waals surface area contributed by atoms with Crippen molar-refractivity contribution in [3.05, 3.63) is 11.3 Å². The number of nitrogens with one attached hydrogen (secondary N) is 1. The van der Waals surface area contributed by atoms with Gasteiger partial charge in [-0.05, 0) is 34.2 Å². The molecule has 0 spiro atoms. The molecule has 1 unspecified atom stereocenters. The molecule has 186 valence electrons. The monoisotopic (exact) mass is 563 g/mol. The number of carbonyl (C=O) groups excluding carboxylic acids is 4. The fraction of sp³-hybridized carbons (Fsp3) is 0.562. The average Bonchev–Trinajstić information content (AvgIpc) is 3.20. The molecule has 12 nitrogen and oxygen atoms in total. The Hall–Kier alpha value is -1.47. The Kier molecular flexibility index (Phi) is 10.8. The number of tetrazole rings is 1. The number of hydrogen-bond donors (Lipinski definition) is 2. The van der Waals surface area contributed by atoms with Crippen molar-refractivity contribution in [2.24, 2.45) is 5.73 Å². The summed E-state index contributed by atoms with van der Waals surface area (Å²) in [5.74, 6) is -4.41. The molecule has 1 fully saturated rings. The third-order valence-corrected chi connectivity index (χ3v) is 7.71. The van der Waals surface area contributed by atoms with Gasteiger partial charge in [-0.2, -0.15) is 13.2 Å². The van der Waals surface area contributed by atoms with Crippen molar-refractivity contribution in [3.63, 3.8) is 0 Å². The number of rotatable bonds is 11. The van der Waals surface area contributed by atoms with Crippen molar-refractivity contribution in [1.82, 2.24) is 30.4 Å². The Bertz CT molecular complexity index is 1030. The predicted molar refractivity (Wildman–Crippen MR) is 113 cm³/mol. The van der Waals surface area contributed by atoms with Crippen molar-refractivity contribution in [3.8, 4) is 0 Å². The molecule has 0 aromatic carbocycles. The van der Waals surface area contributed by atoms with Crippen LogP contribution in [0.15, 0.2) is 16.4 Å². The van der Waals surface area contributed by atoms with Gasteiger partial charge < -0.3 is 21.0 Å². The van der Waals surface area contributed by atoms with Crippen molar-refractivity contribution < 1.29 is 67.0 Å². The number of β-lactam (4-membered cyclic amide) rings is 1. The Morgan fingerprint density at radius 2 is 2.03 bits per heavy atom. The molecule has 1 aromatic rings. The molecule has 2 aliphatic rings. The van der Waals surface area contributed by atoms with Gasteiger partial charge in [-0.15, -0.1) is 16.9 Å². The van der Waals surface area contributed by atoms with Crippen LogP contribution in [-0.2, 0) is 25.7 Å². The van der Waals surface area contributed by atoms with Gasteiger partial charge in [0.05, 0.1) is 17.4 Å². The van der Waals surface area contributed by atoms with Crippen LogP contribution in [0.4, 0.5) is 13.2 Å². The molecule has 0 bridgehead atoms. The van der Waals surface area contributed by atoms with Crippen LogP contribution in [0.3, 0.4) is 0 Å². The van der Waals surface area contributed by atoms with Gasteiger partial charge in [-0.3, -0.25) is 19.3 Å². The molecule has 35 heavy (non-hydrogen) atoms. The van der Waals surface area contributed by atoms with Crippen molar-refractivity contribution >= 4 is 59.0 Å². The number of nitrogens with zero attached hydrogens (tertiary/aromatic N) is 5. The summed E-state index contributed by atoms with van der Waals surface area (Å²) < 4.78 is 38.2. The van der Waals surface area contributed by atoms with Crippen molar-refractivity contribution in [2.45, 2.75) is 41.5 Å². The van der Waals surface area contributed by atoms with E-state index in [4.69, 9.17) is 5.73 Å². The molecule has 0 aliphatic carbocycles. The number of carbonyl (C=O) groups is 4. The minimum Gasteiger partial charge on any atom is -0.543 e. The summed E-state index contributed by atoms with van der Waals surface area (Å²) in [7, 11) is 0. The second-order valence-corrected chi connectivity index (χ2v) is 10.1. The van der Waals surface area contributed by atoms with E-state index in [0.717, 1.165) is 16.7 Å². The van der Waals surface area contributed by atoms with Crippen LogP contribution < -0.4 is 45.7 Å². The summed E-state index contributed by atoms with van der Waals surface area (Å²) in [6, 6.07) is -1.13. The first-order chi connectivity index (χ1) is 16.0. The van der Waals surface area contributed by atoms with E-state index in [0.29, 0.717) is 23.7 Å². The van der Waals surface area contributed by atoms with Crippen LogP contribution in [0.1, 0.15) is 12.8 Å². The number of fused-ring (bicyclic) bond motifs is 1. The number of carboxylic acid groups (broad SMARTS) is 1. The Balaban J connectivity index is 0.00000432. The number of halogens is 3. The summed E-state index contributed by atoms with van der Waals surface area (Å²) in [5.41, 5.74) is 0.532. The maximum absolute atomic E-state index is 12.5. The molecular weight excluding hydrogens is 546 g/mol. The molecule has 3 rings (SSSR count). The van der Waals surface area contributed by atoms with E-state index in [1.54, 1.807) is 0 Å². The summed E-state index contributed by atoms with van der Waals surface area (Å²) in [6.07, 6.45) is 0.557. The fourth-order valence-electron chi connectivity index (χ4n) is 3.14. The Labute approximate surface area is 231 Å². The van der Waals surface area contributed by atoms with E-state index >= 15 is 0 Å². The standard InChI is InChI=1S/C16H18F3N7O5S3.Na/c17-16(18,19)34-6-9(28)21-10-12(29)26-11(14(30)31)7(4-32-13(10)26)5-33-15-22-23-24-25(15)3-1-2-8(20)27;/h10,13H,1-6H2,(H2,20,27)(H,21,28)(H,30,31);/q;+1/p-1/t10?,13-;/m1./s1. The number of aromatic nitrogens is 4. The molecular formula is C16H17F3N7NaO5S3. The van der Waals surface area contributed by atoms with Gasteiger partial charge in [0.2, 0.25) is 17.0 Å². The van der Waals surface area contributed by atoms with Crippen LogP contribution in [0, 0.1) is 0 Å². The molecule has 3 N–H and O–H groups in total. The van der Waals surface area contributed by atoms with Gasteiger partial charge in [0.15, 0.2) is 0 Å². The zero-order valence-electron chi connectivity index (χ0n) is 18.1. The van der Waals surface area contributed by atoms with Gasteiger partial charge in [0.25, 0.3) is 5.91 Å². The van der Waals surface area contributed by atoms with E-state index in [1.165, 1.54) is 16.4 Å². The summed E-state index contributed by atoms with van der Waals surface area (Å²) >= 11 is 1.75. The maximum atomic E-state index is 12.5. The molecule has 0 radical (unpaired) electrons. The molecule has 3 amide bonds. The minimum absolute atomic E-state index is 0. The number of aryl methyl sites for hydroxylation is 1. The summed E-state index contributed by atoms with van der Waals surface area (Å²) in [5, 5.41) is 24.8. The van der Waals surface area contributed by atoms with Crippen LogP contribution in [0.5, 0.6) is 0 Å². The van der Waals surface area contributed by atoms with Crippen molar-refractivity contribution in [2.75, 3.05) is 17.3 Å². The van der Waals surface area contributed by atoms with Crippen LogP contribution >= 0.6 is 35.3 Å². The number of carboxylic acids is 1. The Morgan fingerprint density at radius 1 is 1.31 bits per heavy atom. The minimum atomic E-state index is -4.59. The number of thioether (sulfide) groups is 3. The molecule has 0 saturated carbocycles. The number of aliphatic carboxylic acids is 1. The number of hydrogen-bond acceptors (Lipinski definition) is 11. The number of amides is 3. The van der Waals surface area contributed by atoms with Gasteiger partial charge in [0, 0.05) is 24.5 Å². The molecule has 1 saturated heterocycles. The smallest absolute Gasteiger partial charge is 0.543 e. The van der Waals surface area contributed by atoms with Crippen molar-refractivity contribution in [1.29, 1.82) is 0 Å². The summed E-state index contributed by atoms with van der Waals surface area (Å²) in [4.78, 5) is 47.9. The average molecular weight is 564 g/mol. The van der Waals surface area contributed by atoms with E-state index in [9.17, 15) is 37.5 Å². The van der Waals surface area contributed by atoms with Gasteiger partial charge in [0.1, 0.15) is 11.4 Å². The quantitative estimate of drug-likeness (QED) is 0.151. The first-order valence-electron chi connectivity index (χ1n) is 9.53. The van der Waals surface area contributed by atoms with E-state index in [-0.39, 0.29) is 53.2 Å². The van der Waals surface area contributed by atoms with Crippen LogP contribution in [0.2, 0.25) is 0 Å². The number of primary amides is 1. The van der Waals surface area contributed by atoms with E-state index < -0.39 is 58.1 Å². The van der Waals surface area contributed by atoms with Gasteiger partial charge >= 0.3 is 35.1 Å². The largest absolute Gasteiger partial charge is 1.00 e. The number of alkyl halides is 3. The van der Waals surface area contributed by atoms with Gasteiger partial charge in [-0.1, -0.05) is 11.8 Å². The SMILES string of the molecule is NC(=O)CCCn1nnnc1SCC1=C(C(=O)[O-])N2C(=O)C(NC(=O)CSC(F)(F)F)[C@H]2SC1.[Na+]. The number of nitrogens with two attached hydrogens (primary N) is 1. The predicted octanol–water partition coefficient (Wildman–Crippen LogP) is -4.31. The first kappa shape index (κ1) is 29.8. The molecule has 3 heterocycles. The summed E-state index contributed by atoms with van der Waals surface area (Å²) in [6.45, 7) is 0.320. The first-order valence-corrected chi connectivity index (χ1v) is 12.5. The molecule has 1 aromatic heterocycles. The fourth-order valence-corrected chi connectivity index (χ4v) is 5.91. The van der Waals surface area contributed by atoms with E-state index in [2.05, 4.69) is 20.8 Å². The van der Waals surface area contributed by atoms with E-state index in [1.807, 2.05) is 0 Å². The zero-order chi connectivity index (χ0) is 25.0. The maximum Gasteiger partial charge on any atom is 1.00 e. The zero-order valence-corrected chi connectivity index (χ0v) is 22.6. The second-order valence-electron chi connectivity index (χ2n) is 6.97. The van der Waals surface area contributed by atoms with Crippen LogP contribution in [0.25, 0.3) is 0 Å². The molecule has 19 heteroatoms. The third-order valence-electron chi connectivity index (χ3n) is 4.59. The van der Waals surface area contributed by atoms with Gasteiger partial charge in [-0.25, -0.2) is 4.68 Å². The topological polar surface area (TPSA) is 176 Å². The third kappa shape index (κ3) is 7.75. The second kappa shape index (κ2) is 12.7. The molecule has 2 aliphatic heterocycles.